The number of nitrogens with zero attached hydrogens (tertiary/aromatic N) is 3. The average Bonchev–Trinajstić information content (AvgIpc) is 3.61. The zero-order valence-corrected chi connectivity index (χ0v) is 32.9. The van der Waals surface area contributed by atoms with Gasteiger partial charge in [0, 0.05) is 33.9 Å². The number of hydrogen-bond donors (Lipinski definition) is 0. The number of nitriles is 1. The van der Waals surface area contributed by atoms with Gasteiger partial charge in [-0.3, -0.25) is 4.39 Å². The van der Waals surface area contributed by atoms with E-state index in [2.05, 4.69) is 23.2 Å². The minimum atomic E-state index is -2.92. The van der Waals surface area contributed by atoms with Crippen LogP contribution in [-0.2, 0) is 26.5 Å². The first-order valence-corrected chi connectivity index (χ1v) is 17.1. The van der Waals surface area contributed by atoms with E-state index in [0.29, 0.717) is 45.3 Å². The van der Waals surface area contributed by atoms with Gasteiger partial charge < -0.3 is 14.8 Å². The van der Waals surface area contributed by atoms with Crippen molar-refractivity contribution in [3.05, 3.63) is 178 Å². The Hall–Kier alpha value is -5.73. The molecule has 4 nitrogen and oxygen atoms in total. The van der Waals surface area contributed by atoms with Gasteiger partial charge in [-0.25, -0.2) is 0 Å². The number of furan rings is 1. The number of halogens is 1. The van der Waals surface area contributed by atoms with E-state index in [0.717, 1.165) is 21.9 Å². The standard InChI is InChI=1S/C38H34N2O.C11H7FN.Ir/c1-24-17-27(21-38(4,5)6)13-15-31(24)35(26(3)22-39)18-25(2)32-11-8-12-34-33-16-14-30(20-36(33)41-37(32)34)29-10-7-9-28(19-29)23-40;12-10-6-2-1-5-9(10)11-7-3-4-8-13-11;/h7-10,12-20,22H,21H2,1-6H3;1-4,6-8H;/q-2;-1;+3/b25-18+,35-26+;;/i1D3,3D3,15D,21D2;;. The summed E-state index contributed by atoms with van der Waals surface area (Å²) in [4.78, 5) is 4.04. The smallest absolute Gasteiger partial charge is 0.810 e. The number of allylic oxidation sites excluding steroid dienone is 4. The summed E-state index contributed by atoms with van der Waals surface area (Å²) in [5.74, 6) is -0.291. The van der Waals surface area contributed by atoms with Gasteiger partial charge in [0.25, 0.3) is 0 Å². The number of benzene rings is 5. The molecule has 0 atom stereocenters. The Labute approximate surface area is 349 Å². The largest absolute Gasteiger partial charge is 3.00 e. The van der Waals surface area contributed by atoms with Crippen molar-refractivity contribution in [2.45, 2.75) is 47.8 Å². The van der Waals surface area contributed by atoms with E-state index in [1.165, 1.54) is 24.3 Å². The quantitative estimate of drug-likeness (QED) is 0.0909. The summed E-state index contributed by atoms with van der Waals surface area (Å²) in [6.45, 7) is 0.835. The molecule has 0 N–H and O–H groups in total. The molecule has 6 heteroatoms. The molecule has 7 aromatic rings. The molecule has 0 fully saturated rings. The van der Waals surface area contributed by atoms with Crippen molar-refractivity contribution in [3.8, 4) is 28.5 Å². The van der Waals surface area contributed by atoms with Crippen LogP contribution >= 0.6 is 0 Å². The SMILES string of the molecule is Fc1ccc[c-]c1-c1ccccn1.[2H]c1cc(C([2H])([2H])C(C)(C)C)cc(C([2H])([2H])[2H])c1C(/C=C(\C)c1[c-]ccc2c1oc1cc(-c3cccc(C#N)c3)ccc12)=C(/C=[N-])C([2H])([2H])[2H].[Ir+3]. The van der Waals surface area contributed by atoms with Gasteiger partial charge >= 0.3 is 20.1 Å². The number of aryl methyl sites for hydroxylation is 1. The van der Waals surface area contributed by atoms with Crippen LogP contribution in [0.3, 0.4) is 0 Å². The number of rotatable bonds is 7. The van der Waals surface area contributed by atoms with Gasteiger partial charge in [-0.05, 0) is 88.8 Å². The third-order valence-electron chi connectivity index (χ3n) is 8.39. The van der Waals surface area contributed by atoms with Crippen LogP contribution in [0.25, 0.3) is 60.9 Å². The van der Waals surface area contributed by atoms with Crippen LogP contribution in [0.5, 0.6) is 0 Å². The first kappa shape index (κ1) is 29.6. The van der Waals surface area contributed by atoms with E-state index in [1.54, 1.807) is 82.4 Å². The van der Waals surface area contributed by atoms with Crippen LogP contribution in [0.4, 0.5) is 4.39 Å². The molecule has 0 aliphatic rings. The molecule has 2 heterocycles. The molecule has 0 aliphatic carbocycles. The maximum atomic E-state index is 13.2. The van der Waals surface area contributed by atoms with Crippen LogP contribution in [0.15, 0.2) is 131 Å². The molecule has 0 spiro atoms. The predicted molar refractivity (Wildman–Crippen MR) is 221 cm³/mol. The second-order valence-corrected chi connectivity index (χ2v) is 13.5. The molecule has 2 aromatic heterocycles. The van der Waals surface area contributed by atoms with Crippen molar-refractivity contribution in [1.29, 1.82) is 5.26 Å². The van der Waals surface area contributed by atoms with Gasteiger partial charge in [0.2, 0.25) is 0 Å². The number of hydrogen-bond acceptors (Lipinski definition) is 3. The molecule has 274 valence electrons. The second kappa shape index (κ2) is 17.6. The monoisotopic (exact) mass is 908 g/mol. The summed E-state index contributed by atoms with van der Waals surface area (Å²) in [7, 11) is 0. The molecule has 5 aromatic carbocycles. The minimum Gasteiger partial charge on any atom is -0.810 e. The fourth-order valence-electron chi connectivity index (χ4n) is 5.97. The van der Waals surface area contributed by atoms with Crippen molar-refractivity contribution in [2.24, 2.45) is 5.41 Å². The van der Waals surface area contributed by atoms with Crippen molar-refractivity contribution < 1.29 is 41.2 Å². The Morgan fingerprint density at radius 3 is 2.55 bits per heavy atom. The number of aromatic nitrogens is 1. The third kappa shape index (κ3) is 9.50. The van der Waals surface area contributed by atoms with Gasteiger partial charge in [0.15, 0.2) is 0 Å². The number of pyridine rings is 1. The summed E-state index contributed by atoms with van der Waals surface area (Å²) in [6.07, 6.45) is 1.38. The fraction of sp³-hybridized carbons (Fsp3) is 0.163. The Kier molecular flexibility index (Phi) is 9.48. The normalized spacial score (nSPS) is 15.1. The molecule has 0 saturated carbocycles. The molecule has 0 bridgehead atoms. The van der Waals surface area contributed by atoms with Crippen molar-refractivity contribution in [1.82, 2.24) is 4.98 Å². The molecule has 7 rings (SSSR count). The summed E-state index contributed by atoms with van der Waals surface area (Å²) in [5, 5.41) is 21.2. The van der Waals surface area contributed by atoms with E-state index in [4.69, 9.17) is 16.8 Å². The van der Waals surface area contributed by atoms with E-state index < -0.39 is 42.7 Å². The van der Waals surface area contributed by atoms with Crippen molar-refractivity contribution in [3.63, 3.8) is 0 Å². The van der Waals surface area contributed by atoms with Crippen LogP contribution in [0, 0.1) is 41.5 Å². The van der Waals surface area contributed by atoms with E-state index in [9.17, 15) is 15.1 Å². The van der Waals surface area contributed by atoms with Gasteiger partial charge in [0.05, 0.1) is 13.0 Å². The molecule has 0 saturated heterocycles. The molecule has 0 amide bonds. The van der Waals surface area contributed by atoms with Crippen molar-refractivity contribution in [2.75, 3.05) is 0 Å². The van der Waals surface area contributed by atoms with Gasteiger partial charge in [-0.15, -0.1) is 53.6 Å². The molecular formula is C49H41FIrN3O. The van der Waals surface area contributed by atoms with Crippen LogP contribution in [0.1, 0.15) is 74.7 Å². The van der Waals surface area contributed by atoms with Crippen LogP contribution < -0.4 is 0 Å². The van der Waals surface area contributed by atoms with Crippen LogP contribution in [-0.4, -0.2) is 11.2 Å². The summed E-state index contributed by atoms with van der Waals surface area (Å²) in [6, 6.07) is 36.5. The van der Waals surface area contributed by atoms with Gasteiger partial charge in [-0.2, -0.15) is 11.5 Å². The van der Waals surface area contributed by atoms with Crippen molar-refractivity contribution >= 4 is 39.3 Å². The average molecular weight is 908 g/mol. The fourth-order valence-corrected chi connectivity index (χ4v) is 5.97. The summed E-state index contributed by atoms with van der Waals surface area (Å²) in [5.41, 5.74) is 2.52. The molecular weight excluding hydrogens is 858 g/mol. The third-order valence-corrected chi connectivity index (χ3v) is 8.39. The Morgan fingerprint density at radius 2 is 1.84 bits per heavy atom. The van der Waals surface area contributed by atoms with Gasteiger partial charge in [0.1, 0.15) is 5.58 Å². The van der Waals surface area contributed by atoms with E-state index in [-0.39, 0.29) is 42.6 Å². The molecule has 0 radical (unpaired) electrons. The number of fused-ring (bicyclic) bond motifs is 3. The zero-order chi connectivity index (χ0) is 46.1. The van der Waals surface area contributed by atoms with Gasteiger partial charge in [-0.1, -0.05) is 105 Å². The predicted octanol–water partition coefficient (Wildman–Crippen LogP) is 13.0. The summed E-state index contributed by atoms with van der Waals surface area (Å²) < 4.78 is 95.8. The first-order chi connectivity index (χ1) is 29.6. The Balaban J connectivity index is 0.000000468. The summed E-state index contributed by atoms with van der Waals surface area (Å²) >= 11 is 0. The zero-order valence-electron chi connectivity index (χ0n) is 39.5. The first-order valence-electron chi connectivity index (χ1n) is 21.6. The van der Waals surface area contributed by atoms with E-state index >= 15 is 0 Å². The molecule has 55 heavy (non-hydrogen) atoms. The Morgan fingerprint density at radius 1 is 1.00 bits per heavy atom. The maximum Gasteiger partial charge on any atom is 3.00 e. The molecule has 0 aliphatic heterocycles. The Bertz CT molecular complexity index is 2960. The molecule has 0 unspecified atom stereocenters. The maximum absolute atomic E-state index is 13.2. The topological polar surface area (TPSA) is 72.1 Å². The van der Waals surface area contributed by atoms with E-state index in [1.807, 2.05) is 36.4 Å². The minimum absolute atomic E-state index is 0. The van der Waals surface area contributed by atoms with Crippen LogP contribution in [0.2, 0.25) is 0 Å². The second-order valence-electron chi connectivity index (χ2n) is 13.5.